The number of carbonyl (C=O) groups excluding carboxylic acids is 1. The number of amides is 1. The summed E-state index contributed by atoms with van der Waals surface area (Å²) in [5.74, 6) is -0.409. The molecular weight excluding hydrogens is 744 g/mol. The number of hydrogen-bond donors (Lipinski definition) is 3. The number of nitrogens with one attached hydrogen (secondary N) is 2. The fourth-order valence-electron chi connectivity index (χ4n) is 8.19. The number of halogens is 3. The highest BCUT2D eigenvalue weighted by molar-refractivity contribution is 6.36. The van der Waals surface area contributed by atoms with Crippen LogP contribution in [0.15, 0.2) is 77.5 Å². The van der Waals surface area contributed by atoms with Crippen LogP contribution in [-0.2, 0) is 27.4 Å². The van der Waals surface area contributed by atoms with Gasteiger partial charge in [-0.25, -0.2) is 4.39 Å². The number of aliphatic carboxylic acids is 1. The molecule has 1 saturated heterocycles. The predicted molar refractivity (Wildman–Crippen MR) is 213 cm³/mol. The molecular formula is C42H46Cl2FN5O5. The van der Waals surface area contributed by atoms with E-state index in [1.165, 1.54) is 13.2 Å². The van der Waals surface area contributed by atoms with Crippen LogP contribution >= 0.6 is 23.2 Å². The van der Waals surface area contributed by atoms with E-state index in [2.05, 4.69) is 34.7 Å². The summed E-state index contributed by atoms with van der Waals surface area (Å²) >= 11 is 14.1. The van der Waals surface area contributed by atoms with E-state index in [1.807, 2.05) is 47.3 Å². The highest BCUT2D eigenvalue weighted by Gasteiger charge is 2.35. The molecule has 3 aliphatic rings. The number of nitrogens with zero attached hydrogens (tertiary/aromatic N) is 3. The molecule has 2 heterocycles. The third kappa shape index (κ3) is 8.46. The Kier molecular flexibility index (Phi) is 11.9. The maximum Gasteiger partial charge on any atom is 0.303 e. The molecule has 290 valence electrons. The van der Waals surface area contributed by atoms with Crippen molar-refractivity contribution in [2.75, 3.05) is 34.4 Å². The van der Waals surface area contributed by atoms with Gasteiger partial charge in [0.25, 0.3) is 0 Å². The fraction of sp³-hybridized carbons (Fsp3) is 0.405. The van der Waals surface area contributed by atoms with Gasteiger partial charge in [0.15, 0.2) is 0 Å². The van der Waals surface area contributed by atoms with E-state index in [0.29, 0.717) is 58.0 Å². The van der Waals surface area contributed by atoms with Crippen molar-refractivity contribution in [1.82, 2.24) is 25.3 Å². The van der Waals surface area contributed by atoms with Gasteiger partial charge in [-0.1, -0.05) is 59.6 Å². The van der Waals surface area contributed by atoms with E-state index >= 15 is 4.39 Å². The molecule has 55 heavy (non-hydrogen) atoms. The van der Waals surface area contributed by atoms with Crippen molar-refractivity contribution < 1.29 is 28.6 Å². The molecule has 3 N–H and O–H groups in total. The molecule has 1 amide bonds. The molecule has 0 bridgehead atoms. The monoisotopic (exact) mass is 789 g/mol. The lowest BCUT2D eigenvalue weighted by Gasteiger charge is -2.42. The quantitative estimate of drug-likeness (QED) is 0.114. The van der Waals surface area contributed by atoms with Crippen LogP contribution in [-0.4, -0.2) is 84.2 Å². The van der Waals surface area contributed by atoms with Gasteiger partial charge >= 0.3 is 5.97 Å². The van der Waals surface area contributed by atoms with Crippen molar-refractivity contribution in [1.29, 1.82) is 0 Å². The average Bonchev–Trinajstić information content (AvgIpc) is 3.76. The number of carboxylic acids is 1. The molecule has 10 nitrogen and oxygen atoms in total. The SMILES string of the molecule is COc1cc(-c2cccc(-c3cccc4c3cnn4CC3=CC(OC)C(CN(C)C4CC(CC(=O)O)C4)C=C3Cl)c2Cl)cc(F)c1CNC[C@@H]1CCC(=O)N1. The number of allylic oxidation sites excluding steroid dienone is 2. The summed E-state index contributed by atoms with van der Waals surface area (Å²) in [4.78, 5) is 24.9. The Morgan fingerprint density at radius 1 is 1.11 bits per heavy atom. The minimum atomic E-state index is -0.736. The van der Waals surface area contributed by atoms with Gasteiger partial charge in [-0.05, 0) is 73.2 Å². The number of hydrogen-bond acceptors (Lipinski definition) is 7. The van der Waals surface area contributed by atoms with Crippen LogP contribution in [0.2, 0.25) is 5.02 Å². The van der Waals surface area contributed by atoms with E-state index < -0.39 is 11.8 Å². The van der Waals surface area contributed by atoms with E-state index in [9.17, 15) is 9.59 Å². The minimum absolute atomic E-state index is 0.0347. The molecule has 1 saturated carbocycles. The summed E-state index contributed by atoms with van der Waals surface area (Å²) in [6.07, 6.45) is 9.07. The van der Waals surface area contributed by atoms with Crippen molar-refractivity contribution in [2.45, 2.75) is 63.4 Å². The number of fused-ring (bicyclic) bond motifs is 1. The molecule has 4 aromatic rings. The van der Waals surface area contributed by atoms with Crippen molar-refractivity contribution in [3.8, 4) is 28.0 Å². The van der Waals surface area contributed by atoms with Gasteiger partial charge in [-0.15, -0.1) is 0 Å². The van der Waals surface area contributed by atoms with Gasteiger partial charge in [0.05, 0.1) is 36.5 Å². The maximum atomic E-state index is 15.7. The highest BCUT2D eigenvalue weighted by Crippen LogP contribution is 2.41. The van der Waals surface area contributed by atoms with Crippen LogP contribution in [0.3, 0.4) is 0 Å². The first kappa shape index (κ1) is 39.0. The van der Waals surface area contributed by atoms with Crippen molar-refractivity contribution in [3.63, 3.8) is 0 Å². The Morgan fingerprint density at radius 2 is 1.87 bits per heavy atom. The first-order valence-corrected chi connectivity index (χ1v) is 19.4. The molecule has 3 atom stereocenters. The van der Waals surface area contributed by atoms with E-state index in [1.54, 1.807) is 13.2 Å². The summed E-state index contributed by atoms with van der Waals surface area (Å²) in [6.45, 7) is 1.98. The van der Waals surface area contributed by atoms with Crippen LogP contribution in [0, 0.1) is 17.7 Å². The second-order valence-corrected chi connectivity index (χ2v) is 15.7. The lowest BCUT2D eigenvalue weighted by atomic mass is 9.77. The van der Waals surface area contributed by atoms with Gasteiger partial charge in [0.2, 0.25) is 5.91 Å². The number of rotatable bonds is 15. The Hall–Kier alpha value is -4.26. The van der Waals surface area contributed by atoms with Crippen LogP contribution < -0.4 is 15.4 Å². The van der Waals surface area contributed by atoms with Crippen molar-refractivity contribution >= 4 is 46.0 Å². The number of methoxy groups -OCH3 is 2. The van der Waals surface area contributed by atoms with Crippen LogP contribution in [0.1, 0.15) is 37.7 Å². The Balaban J connectivity index is 1.08. The number of benzene rings is 3. The lowest BCUT2D eigenvalue weighted by molar-refractivity contribution is -0.139. The van der Waals surface area contributed by atoms with Crippen LogP contribution in [0.4, 0.5) is 4.39 Å². The second-order valence-electron chi connectivity index (χ2n) is 14.9. The summed E-state index contributed by atoms with van der Waals surface area (Å²) in [5.41, 5.74) is 5.16. The molecule has 0 radical (unpaired) electrons. The first-order chi connectivity index (χ1) is 26.5. The molecule has 2 fully saturated rings. The molecule has 2 unspecified atom stereocenters. The van der Waals surface area contributed by atoms with Gasteiger partial charge < -0.3 is 30.1 Å². The third-order valence-corrected chi connectivity index (χ3v) is 12.1. The predicted octanol–water partition coefficient (Wildman–Crippen LogP) is 7.42. The van der Waals surface area contributed by atoms with Gasteiger partial charge in [0.1, 0.15) is 11.6 Å². The minimum Gasteiger partial charge on any atom is -0.496 e. The molecule has 0 spiro atoms. The number of carbonyl (C=O) groups is 2. The van der Waals surface area contributed by atoms with Crippen molar-refractivity contribution in [3.05, 3.63) is 93.9 Å². The molecule has 13 heteroatoms. The number of ether oxygens (including phenoxy) is 2. The molecule has 2 aliphatic carbocycles. The maximum absolute atomic E-state index is 15.7. The molecule has 1 aliphatic heterocycles. The molecule has 7 rings (SSSR count). The van der Waals surface area contributed by atoms with Crippen LogP contribution in [0.5, 0.6) is 5.75 Å². The zero-order chi connectivity index (χ0) is 38.8. The number of carboxylic acid groups (broad SMARTS) is 1. The first-order valence-electron chi connectivity index (χ1n) is 18.7. The third-order valence-electron chi connectivity index (χ3n) is 11.3. The number of aromatic nitrogens is 2. The standard InChI is InChI=1S/C42H46Cl2FN5O5/c1-49(29-12-24(13-29)14-41(52)53)22-27-15-35(43)26(18-38(27)54-2)23-50-37-9-5-7-31(33(37)21-47-50)32-8-4-6-30(42(32)44)25-16-36(45)34(39(17-25)55-3)20-46-19-28-10-11-40(51)48-28/h4-9,15-18,21,24,27-29,38,46H,10-14,19-20,22-23H2,1-3H3,(H,48,51)(H,52,53)/t24?,27?,28-,29?,38?/m0/s1. The topological polar surface area (TPSA) is 118 Å². The molecule has 1 aromatic heterocycles. The van der Waals surface area contributed by atoms with Gasteiger partial charge in [-0.3, -0.25) is 14.3 Å². The molecule has 3 aromatic carbocycles. The van der Waals surface area contributed by atoms with Gasteiger partial charge in [-0.2, -0.15) is 5.10 Å². The van der Waals surface area contributed by atoms with E-state index in [-0.39, 0.29) is 42.9 Å². The summed E-state index contributed by atoms with van der Waals surface area (Å²) in [5, 5.41) is 22.1. The van der Waals surface area contributed by atoms with Gasteiger partial charge in [0, 0.05) is 84.7 Å². The smallest absolute Gasteiger partial charge is 0.303 e. The zero-order valence-corrected chi connectivity index (χ0v) is 32.7. The zero-order valence-electron chi connectivity index (χ0n) is 31.2. The van der Waals surface area contributed by atoms with Crippen molar-refractivity contribution in [2.24, 2.45) is 11.8 Å². The summed E-state index contributed by atoms with van der Waals surface area (Å²) in [6, 6.07) is 15.4. The average molecular weight is 791 g/mol. The Labute approximate surface area is 330 Å². The summed E-state index contributed by atoms with van der Waals surface area (Å²) in [7, 11) is 5.30. The Morgan fingerprint density at radius 3 is 2.60 bits per heavy atom. The normalized spacial score (nSPS) is 22.4. The highest BCUT2D eigenvalue weighted by atomic mass is 35.5. The van der Waals surface area contributed by atoms with Crippen LogP contribution in [0.25, 0.3) is 33.2 Å². The van der Waals surface area contributed by atoms with E-state index in [0.717, 1.165) is 53.4 Å². The summed E-state index contributed by atoms with van der Waals surface area (Å²) < 4.78 is 29.1. The second kappa shape index (κ2) is 16.9. The lowest BCUT2D eigenvalue weighted by Crippen LogP contribution is -2.46. The largest absolute Gasteiger partial charge is 0.496 e. The fourth-order valence-corrected chi connectivity index (χ4v) is 8.81. The Bertz CT molecular complexity index is 2150. The van der Waals surface area contributed by atoms with E-state index in [4.69, 9.17) is 42.9 Å².